The largest absolute Gasteiger partial charge is 0.489 e. The van der Waals surface area contributed by atoms with Crippen molar-refractivity contribution in [2.45, 2.75) is 46.3 Å². The summed E-state index contributed by atoms with van der Waals surface area (Å²) >= 11 is 0. The fourth-order valence-electron chi connectivity index (χ4n) is 2.36. The molecule has 0 aliphatic carbocycles. The van der Waals surface area contributed by atoms with Gasteiger partial charge in [-0.1, -0.05) is 48.9 Å². The lowest BCUT2D eigenvalue weighted by molar-refractivity contribution is 0.301. The lowest BCUT2D eigenvalue weighted by atomic mass is 10.0. The van der Waals surface area contributed by atoms with Crippen LogP contribution in [0.2, 0.25) is 0 Å². The van der Waals surface area contributed by atoms with Crippen LogP contribution in [0, 0.1) is 13.8 Å². The van der Waals surface area contributed by atoms with Crippen LogP contribution in [0.25, 0.3) is 0 Å². The fraction of sp³-hybridized carbons (Fsp3) is 0.368. The second kappa shape index (κ2) is 7.28. The summed E-state index contributed by atoms with van der Waals surface area (Å²) in [5.41, 5.74) is 11.0. The summed E-state index contributed by atoms with van der Waals surface area (Å²) in [6.07, 6.45) is 1.84. The smallest absolute Gasteiger partial charge is 0.123 e. The molecule has 0 spiro atoms. The van der Waals surface area contributed by atoms with E-state index in [1.165, 1.54) is 22.3 Å². The molecule has 0 aliphatic rings. The summed E-state index contributed by atoms with van der Waals surface area (Å²) in [6.45, 7) is 6.94. The summed E-state index contributed by atoms with van der Waals surface area (Å²) in [6, 6.07) is 14.9. The van der Waals surface area contributed by atoms with E-state index in [1.807, 2.05) is 0 Å². The Labute approximate surface area is 127 Å². The van der Waals surface area contributed by atoms with Crippen molar-refractivity contribution >= 4 is 0 Å². The average Bonchev–Trinajstić information content (AvgIpc) is 2.48. The first-order valence-electron chi connectivity index (χ1n) is 7.62. The molecule has 0 heterocycles. The number of benzene rings is 2. The fourth-order valence-corrected chi connectivity index (χ4v) is 2.36. The Balaban J connectivity index is 2.14. The highest BCUT2D eigenvalue weighted by Gasteiger charge is 2.09. The Morgan fingerprint density at radius 2 is 1.81 bits per heavy atom. The van der Waals surface area contributed by atoms with Gasteiger partial charge in [0.15, 0.2) is 0 Å². The molecule has 0 saturated carbocycles. The van der Waals surface area contributed by atoms with E-state index in [1.54, 1.807) is 0 Å². The molecule has 2 rings (SSSR count). The summed E-state index contributed by atoms with van der Waals surface area (Å²) in [4.78, 5) is 0. The zero-order valence-electron chi connectivity index (χ0n) is 13.2. The van der Waals surface area contributed by atoms with Crippen LogP contribution in [0.1, 0.15) is 35.6 Å². The van der Waals surface area contributed by atoms with Crippen molar-refractivity contribution in [3.8, 4) is 5.75 Å². The van der Waals surface area contributed by atoms with E-state index in [9.17, 15) is 0 Å². The van der Waals surface area contributed by atoms with E-state index in [-0.39, 0.29) is 6.04 Å². The maximum atomic E-state index is 6.10. The van der Waals surface area contributed by atoms with Gasteiger partial charge in [0.2, 0.25) is 0 Å². The zero-order chi connectivity index (χ0) is 15.2. The second-order valence-electron chi connectivity index (χ2n) is 5.70. The third kappa shape index (κ3) is 4.33. The number of nitrogens with two attached hydrogens (primary N) is 1. The normalized spacial score (nSPS) is 12.2. The van der Waals surface area contributed by atoms with E-state index >= 15 is 0 Å². The lowest BCUT2D eigenvalue weighted by Gasteiger charge is -2.16. The van der Waals surface area contributed by atoms with Gasteiger partial charge in [0.1, 0.15) is 12.4 Å². The summed E-state index contributed by atoms with van der Waals surface area (Å²) in [7, 11) is 0. The van der Waals surface area contributed by atoms with E-state index in [0.717, 1.165) is 18.6 Å². The Bertz CT molecular complexity index is 592. The van der Waals surface area contributed by atoms with E-state index in [2.05, 4.69) is 63.2 Å². The highest BCUT2D eigenvalue weighted by Crippen LogP contribution is 2.23. The van der Waals surface area contributed by atoms with E-state index in [4.69, 9.17) is 10.5 Å². The lowest BCUT2D eigenvalue weighted by Crippen LogP contribution is -2.21. The van der Waals surface area contributed by atoms with Gasteiger partial charge in [-0.2, -0.15) is 0 Å². The Hall–Kier alpha value is -1.80. The number of ether oxygens (including phenoxy) is 1. The first-order chi connectivity index (χ1) is 10.1. The van der Waals surface area contributed by atoms with Gasteiger partial charge in [-0.15, -0.1) is 0 Å². The molecule has 2 N–H and O–H groups in total. The molecule has 0 bridgehead atoms. The third-order valence-electron chi connectivity index (χ3n) is 3.87. The van der Waals surface area contributed by atoms with Gasteiger partial charge < -0.3 is 10.5 Å². The number of hydrogen-bond acceptors (Lipinski definition) is 2. The highest BCUT2D eigenvalue weighted by atomic mass is 16.5. The van der Waals surface area contributed by atoms with Crippen molar-refractivity contribution in [2.75, 3.05) is 0 Å². The monoisotopic (exact) mass is 283 g/mol. The standard InChI is InChI=1S/C19H25NO/c1-4-18(20)12-17-11-14(2)9-10-19(17)21-13-16-8-6-5-7-15(16)3/h5-11,18H,4,12-13,20H2,1-3H3. The van der Waals surface area contributed by atoms with Crippen LogP contribution in [0.5, 0.6) is 5.75 Å². The van der Waals surface area contributed by atoms with Crippen LogP contribution in [0.3, 0.4) is 0 Å². The van der Waals surface area contributed by atoms with E-state index < -0.39 is 0 Å². The van der Waals surface area contributed by atoms with Crippen molar-refractivity contribution in [1.29, 1.82) is 0 Å². The molecule has 2 aromatic rings. The quantitative estimate of drug-likeness (QED) is 0.864. The second-order valence-corrected chi connectivity index (χ2v) is 5.70. The predicted molar refractivity (Wildman–Crippen MR) is 88.7 cm³/mol. The molecule has 2 heteroatoms. The molecular weight excluding hydrogens is 258 g/mol. The number of aryl methyl sites for hydroxylation is 2. The molecule has 21 heavy (non-hydrogen) atoms. The third-order valence-corrected chi connectivity index (χ3v) is 3.87. The summed E-state index contributed by atoms with van der Waals surface area (Å²) in [5.74, 6) is 0.952. The highest BCUT2D eigenvalue weighted by molar-refractivity contribution is 5.38. The molecule has 2 aromatic carbocycles. The van der Waals surface area contributed by atoms with Crippen LogP contribution in [0.15, 0.2) is 42.5 Å². The van der Waals surface area contributed by atoms with Crippen molar-refractivity contribution in [3.05, 3.63) is 64.7 Å². The number of hydrogen-bond donors (Lipinski definition) is 1. The van der Waals surface area contributed by atoms with Gasteiger partial charge in [-0.05, 0) is 49.4 Å². The van der Waals surface area contributed by atoms with Crippen molar-refractivity contribution in [2.24, 2.45) is 5.73 Å². The van der Waals surface area contributed by atoms with Gasteiger partial charge >= 0.3 is 0 Å². The SMILES string of the molecule is CCC(N)Cc1cc(C)ccc1OCc1ccccc1C. The Kier molecular flexibility index (Phi) is 5.40. The van der Waals surface area contributed by atoms with Crippen LogP contribution in [-0.4, -0.2) is 6.04 Å². The maximum Gasteiger partial charge on any atom is 0.123 e. The molecule has 0 fully saturated rings. The summed E-state index contributed by atoms with van der Waals surface area (Å²) in [5, 5.41) is 0. The van der Waals surface area contributed by atoms with Gasteiger partial charge in [0.05, 0.1) is 0 Å². The predicted octanol–water partition coefficient (Wildman–Crippen LogP) is 4.16. The minimum atomic E-state index is 0.188. The van der Waals surface area contributed by atoms with E-state index in [0.29, 0.717) is 6.61 Å². The minimum Gasteiger partial charge on any atom is -0.489 e. The number of rotatable bonds is 6. The van der Waals surface area contributed by atoms with Gasteiger partial charge in [-0.3, -0.25) is 0 Å². The molecule has 1 unspecified atom stereocenters. The van der Waals surface area contributed by atoms with Crippen LogP contribution in [-0.2, 0) is 13.0 Å². The average molecular weight is 283 g/mol. The zero-order valence-corrected chi connectivity index (χ0v) is 13.2. The topological polar surface area (TPSA) is 35.2 Å². The van der Waals surface area contributed by atoms with Gasteiger partial charge in [0.25, 0.3) is 0 Å². The maximum absolute atomic E-state index is 6.10. The first-order valence-corrected chi connectivity index (χ1v) is 7.62. The molecule has 0 aliphatic heterocycles. The molecule has 0 radical (unpaired) electrons. The van der Waals surface area contributed by atoms with Crippen LogP contribution in [0.4, 0.5) is 0 Å². The minimum absolute atomic E-state index is 0.188. The molecule has 0 aromatic heterocycles. The van der Waals surface area contributed by atoms with Crippen molar-refractivity contribution in [1.82, 2.24) is 0 Å². The van der Waals surface area contributed by atoms with Gasteiger partial charge in [-0.25, -0.2) is 0 Å². The Morgan fingerprint density at radius 1 is 1.05 bits per heavy atom. The van der Waals surface area contributed by atoms with Crippen molar-refractivity contribution < 1.29 is 4.74 Å². The molecule has 2 nitrogen and oxygen atoms in total. The Morgan fingerprint density at radius 3 is 2.52 bits per heavy atom. The van der Waals surface area contributed by atoms with Gasteiger partial charge in [0, 0.05) is 6.04 Å². The molecule has 0 saturated heterocycles. The first kappa shape index (κ1) is 15.6. The van der Waals surface area contributed by atoms with Crippen LogP contribution < -0.4 is 10.5 Å². The molecule has 112 valence electrons. The molecule has 0 amide bonds. The summed E-state index contributed by atoms with van der Waals surface area (Å²) < 4.78 is 6.05. The molecular formula is C19H25NO. The molecule has 1 atom stereocenters. The van der Waals surface area contributed by atoms with Crippen LogP contribution >= 0.6 is 0 Å². The van der Waals surface area contributed by atoms with Crippen molar-refractivity contribution in [3.63, 3.8) is 0 Å².